The Labute approximate surface area is 110 Å². The molecule has 3 N–H and O–H groups in total. The molecule has 2 unspecified atom stereocenters. The molecule has 0 aliphatic carbocycles. The number of nitrogens with one attached hydrogen (secondary N) is 2. The summed E-state index contributed by atoms with van der Waals surface area (Å²) in [6.07, 6.45) is 1.43. The molecule has 0 saturated heterocycles. The van der Waals surface area contributed by atoms with E-state index in [1.165, 1.54) is 0 Å². The largest absolute Gasteiger partial charge is 0.481 e. The summed E-state index contributed by atoms with van der Waals surface area (Å²) in [7, 11) is -0.957. The van der Waals surface area contributed by atoms with Crippen LogP contribution in [0.5, 0.6) is 0 Å². The molecule has 0 aromatic carbocycles. The summed E-state index contributed by atoms with van der Waals surface area (Å²) >= 11 is 0. The van der Waals surface area contributed by atoms with Crippen LogP contribution in [0.4, 0.5) is 4.79 Å². The first-order valence-corrected chi connectivity index (χ1v) is 7.42. The molecule has 106 valence electrons. The van der Waals surface area contributed by atoms with Gasteiger partial charge in [0.05, 0.1) is 6.42 Å². The van der Waals surface area contributed by atoms with Gasteiger partial charge in [-0.2, -0.15) is 0 Å². The van der Waals surface area contributed by atoms with Crippen LogP contribution in [0.2, 0.25) is 0 Å². The summed E-state index contributed by atoms with van der Waals surface area (Å²) in [6, 6.07) is -0.885. The van der Waals surface area contributed by atoms with Crippen molar-refractivity contribution in [2.45, 2.75) is 33.2 Å². The molecule has 2 atom stereocenters. The van der Waals surface area contributed by atoms with E-state index in [9.17, 15) is 13.8 Å². The Hall–Kier alpha value is -1.11. The van der Waals surface area contributed by atoms with Crippen molar-refractivity contribution >= 4 is 22.8 Å². The number of carboxylic acids is 1. The highest BCUT2D eigenvalue weighted by Crippen LogP contribution is 2.21. The molecule has 0 aromatic heterocycles. The van der Waals surface area contributed by atoms with Crippen LogP contribution in [0.25, 0.3) is 0 Å². The molecule has 0 spiro atoms. The lowest BCUT2D eigenvalue weighted by Crippen LogP contribution is -2.49. The minimum Gasteiger partial charge on any atom is -0.481 e. The quantitative estimate of drug-likeness (QED) is 0.661. The summed E-state index contributed by atoms with van der Waals surface area (Å²) in [5.41, 5.74) is -0.344. The SMILES string of the molecule is CS(=O)CCNC(=O)NC(CC(=O)O)C(C)(C)C. The number of hydrogen-bond donors (Lipinski definition) is 3. The van der Waals surface area contributed by atoms with Crippen molar-refractivity contribution in [2.24, 2.45) is 5.41 Å². The Morgan fingerprint density at radius 2 is 1.89 bits per heavy atom. The molecule has 0 rings (SSSR count). The van der Waals surface area contributed by atoms with E-state index in [0.29, 0.717) is 12.3 Å². The highest BCUT2D eigenvalue weighted by atomic mass is 32.2. The van der Waals surface area contributed by atoms with Crippen LogP contribution in [0.1, 0.15) is 27.2 Å². The zero-order chi connectivity index (χ0) is 14.3. The molecule has 0 aromatic rings. The summed E-state index contributed by atoms with van der Waals surface area (Å²) in [5, 5.41) is 14.0. The summed E-state index contributed by atoms with van der Waals surface area (Å²) in [6.45, 7) is 5.89. The Morgan fingerprint density at radius 1 is 1.33 bits per heavy atom. The van der Waals surface area contributed by atoms with E-state index >= 15 is 0 Å². The van der Waals surface area contributed by atoms with E-state index in [4.69, 9.17) is 5.11 Å². The van der Waals surface area contributed by atoms with Crippen LogP contribution in [0.3, 0.4) is 0 Å². The van der Waals surface area contributed by atoms with Gasteiger partial charge in [0.2, 0.25) is 0 Å². The summed E-state index contributed by atoms with van der Waals surface area (Å²) in [4.78, 5) is 22.3. The molecular weight excluding hydrogens is 256 g/mol. The molecule has 0 saturated carbocycles. The van der Waals surface area contributed by atoms with Crippen molar-refractivity contribution < 1.29 is 18.9 Å². The maximum Gasteiger partial charge on any atom is 0.315 e. The fraction of sp³-hybridized carbons (Fsp3) is 0.818. The number of hydrogen-bond acceptors (Lipinski definition) is 3. The van der Waals surface area contributed by atoms with Crippen LogP contribution in [-0.2, 0) is 15.6 Å². The molecule has 0 aliphatic rings. The Bertz CT molecular complexity index is 325. The average molecular weight is 278 g/mol. The number of carbonyl (C=O) groups excluding carboxylic acids is 1. The number of urea groups is 1. The zero-order valence-corrected chi connectivity index (χ0v) is 12.1. The van der Waals surface area contributed by atoms with Crippen molar-refractivity contribution in [1.82, 2.24) is 10.6 Å². The smallest absolute Gasteiger partial charge is 0.315 e. The second kappa shape index (κ2) is 7.35. The predicted octanol–water partition coefficient (Wildman–Crippen LogP) is 0.553. The molecule has 2 amide bonds. The van der Waals surface area contributed by atoms with Crippen molar-refractivity contribution in [1.29, 1.82) is 0 Å². The predicted molar refractivity (Wildman–Crippen MR) is 71.0 cm³/mol. The Kier molecular flexibility index (Phi) is 6.90. The van der Waals surface area contributed by atoms with E-state index < -0.39 is 28.8 Å². The van der Waals surface area contributed by atoms with Gasteiger partial charge < -0.3 is 15.7 Å². The fourth-order valence-corrected chi connectivity index (χ4v) is 1.66. The lowest BCUT2D eigenvalue weighted by Gasteiger charge is -2.30. The van der Waals surface area contributed by atoms with E-state index in [0.717, 1.165) is 0 Å². The summed E-state index contributed by atoms with van der Waals surface area (Å²) in [5.74, 6) is -0.572. The van der Waals surface area contributed by atoms with Crippen molar-refractivity contribution in [3.63, 3.8) is 0 Å². The topological polar surface area (TPSA) is 95.5 Å². The first kappa shape index (κ1) is 16.9. The first-order valence-electron chi connectivity index (χ1n) is 5.69. The van der Waals surface area contributed by atoms with Crippen LogP contribution in [0, 0.1) is 5.41 Å². The molecule has 0 radical (unpaired) electrons. The van der Waals surface area contributed by atoms with Gasteiger partial charge in [0.25, 0.3) is 0 Å². The zero-order valence-electron chi connectivity index (χ0n) is 11.3. The van der Waals surface area contributed by atoms with Crippen LogP contribution in [-0.4, -0.2) is 45.9 Å². The van der Waals surface area contributed by atoms with Gasteiger partial charge in [-0.05, 0) is 5.41 Å². The van der Waals surface area contributed by atoms with Crippen molar-refractivity contribution in [2.75, 3.05) is 18.6 Å². The highest BCUT2D eigenvalue weighted by molar-refractivity contribution is 7.84. The molecule has 0 fully saturated rings. The second-order valence-corrected chi connectivity index (χ2v) is 6.75. The van der Waals surface area contributed by atoms with Crippen LogP contribution < -0.4 is 10.6 Å². The molecule has 0 aliphatic heterocycles. The number of amides is 2. The monoisotopic (exact) mass is 278 g/mol. The van der Waals surface area contributed by atoms with Gasteiger partial charge in [-0.25, -0.2) is 4.79 Å². The number of carbonyl (C=O) groups is 2. The molecule has 7 heteroatoms. The number of aliphatic carboxylic acids is 1. The molecule has 0 bridgehead atoms. The van der Waals surface area contributed by atoms with E-state index in [1.807, 2.05) is 20.8 Å². The van der Waals surface area contributed by atoms with E-state index in [-0.39, 0.29) is 11.8 Å². The maximum atomic E-state index is 11.5. The van der Waals surface area contributed by atoms with Crippen LogP contribution in [0.15, 0.2) is 0 Å². The first-order chi connectivity index (χ1) is 8.12. The van der Waals surface area contributed by atoms with Gasteiger partial charge >= 0.3 is 12.0 Å². The third kappa shape index (κ3) is 8.05. The maximum absolute atomic E-state index is 11.5. The van der Waals surface area contributed by atoms with Crippen molar-refractivity contribution in [3.8, 4) is 0 Å². The van der Waals surface area contributed by atoms with Crippen LogP contribution >= 0.6 is 0 Å². The normalized spacial score (nSPS) is 14.7. The molecule has 18 heavy (non-hydrogen) atoms. The van der Waals surface area contributed by atoms with Gasteiger partial charge in [-0.15, -0.1) is 0 Å². The minimum atomic E-state index is -0.957. The highest BCUT2D eigenvalue weighted by Gasteiger charge is 2.28. The third-order valence-corrected chi connectivity index (χ3v) is 3.18. The van der Waals surface area contributed by atoms with Gasteiger partial charge in [0, 0.05) is 35.4 Å². The minimum absolute atomic E-state index is 0.128. The Morgan fingerprint density at radius 3 is 2.28 bits per heavy atom. The standard InChI is InChI=1S/C11H22N2O4S/c1-11(2,3)8(7-9(14)15)13-10(16)12-5-6-18(4)17/h8H,5-7H2,1-4H3,(H,14,15)(H2,12,13,16). The third-order valence-electron chi connectivity index (χ3n) is 2.40. The molecule has 6 nitrogen and oxygen atoms in total. The second-order valence-electron chi connectivity index (χ2n) is 5.19. The number of carboxylic acid groups (broad SMARTS) is 1. The number of rotatable bonds is 6. The van der Waals surface area contributed by atoms with E-state index in [1.54, 1.807) is 6.26 Å². The summed E-state index contributed by atoms with van der Waals surface area (Å²) < 4.78 is 10.8. The lowest BCUT2D eigenvalue weighted by molar-refractivity contribution is -0.138. The van der Waals surface area contributed by atoms with E-state index in [2.05, 4.69) is 10.6 Å². The van der Waals surface area contributed by atoms with Gasteiger partial charge in [0.1, 0.15) is 0 Å². The van der Waals surface area contributed by atoms with Gasteiger partial charge in [-0.3, -0.25) is 9.00 Å². The Balaban J connectivity index is 4.27. The van der Waals surface area contributed by atoms with Crippen molar-refractivity contribution in [3.05, 3.63) is 0 Å². The van der Waals surface area contributed by atoms with Gasteiger partial charge in [0.15, 0.2) is 0 Å². The molecule has 0 heterocycles. The van der Waals surface area contributed by atoms with Gasteiger partial charge in [-0.1, -0.05) is 20.8 Å². The molecular formula is C11H22N2O4S. The fourth-order valence-electron chi connectivity index (χ4n) is 1.27. The lowest BCUT2D eigenvalue weighted by atomic mass is 9.85. The average Bonchev–Trinajstić information content (AvgIpc) is 2.13.